The van der Waals surface area contributed by atoms with Crippen molar-refractivity contribution in [3.05, 3.63) is 29.8 Å². The van der Waals surface area contributed by atoms with Gasteiger partial charge in [-0.25, -0.2) is 0 Å². The molecule has 6 nitrogen and oxygen atoms in total. The maximum absolute atomic E-state index is 12.2. The highest BCUT2D eigenvalue weighted by Crippen LogP contribution is 2.25. The van der Waals surface area contributed by atoms with Gasteiger partial charge in [0, 0.05) is 12.5 Å². The number of esters is 1. The molecule has 0 saturated carbocycles. The Bertz CT molecular complexity index is 582. The number of rotatable bonds is 8. The molecule has 0 aliphatic rings. The van der Waals surface area contributed by atoms with Crippen LogP contribution in [-0.2, 0) is 14.3 Å². The van der Waals surface area contributed by atoms with Crippen molar-refractivity contribution in [2.75, 3.05) is 20.7 Å². The number of methoxy groups -OCH3 is 1. The van der Waals surface area contributed by atoms with Gasteiger partial charge in [0.15, 0.2) is 0 Å². The Hall–Kier alpha value is -2.00. The minimum Gasteiger partial charge on any atom is -0.469 e. The lowest BCUT2D eigenvalue weighted by Crippen LogP contribution is -2.37. The first-order valence-electron chi connectivity index (χ1n) is 7.53. The van der Waals surface area contributed by atoms with Crippen LogP contribution in [0.15, 0.2) is 24.3 Å². The Kier molecular flexibility index (Phi) is 10.0. The lowest BCUT2D eigenvalue weighted by atomic mass is 10.0. The number of carbonyl (C=O) groups excluding carboxylic acids is 2. The Morgan fingerprint density at radius 2 is 1.77 bits per heavy atom. The lowest BCUT2D eigenvalue weighted by molar-refractivity contribution is -0.274. The van der Waals surface area contributed by atoms with Gasteiger partial charge in [-0.2, -0.15) is 0 Å². The van der Waals surface area contributed by atoms with Crippen molar-refractivity contribution in [2.45, 2.75) is 25.7 Å². The predicted molar refractivity (Wildman–Crippen MR) is 91.0 cm³/mol. The third-order valence-electron chi connectivity index (χ3n) is 3.39. The van der Waals surface area contributed by atoms with E-state index in [1.54, 1.807) is 14.0 Å². The van der Waals surface area contributed by atoms with Gasteiger partial charge in [-0.3, -0.25) is 9.59 Å². The average Bonchev–Trinajstić information content (AvgIpc) is 2.53. The van der Waals surface area contributed by atoms with Crippen molar-refractivity contribution in [1.82, 2.24) is 10.6 Å². The van der Waals surface area contributed by atoms with Crippen molar-refractivity contribution in [1.29, 1.82) is 0 Å². The summed E-state index contributed by atoms with van der Waals surface area (Å²) in [4.78, 5) is 23.7. The van der Waals surface area contributed by atoms with E-state index >= 15 is 0 Å². The monoisotopic (exact) mass is 398 g/mol. The first kappa shape index (κ1) is 24.0. The minimum absolute atomic E-state index is 0. The fourth-order valence-electron chi connectivity index (χ4n) is 2.12. The number of carbonyl (C=O) groups is 2. The summed E-state index contributed by atoms with van der Waals surface area (Å²) in [5.74, 6) is -1.58. The van der Waals surface area contributed by atoms with Gasteiger partial charge in [-0.05, 0) is 24.7 Å². The number of ether oxygens (including phenoxy) is 2. The minimum atomic E-state index is -4.79. The second-order valence-corrected chi connectivity index (χ2v) is 5.42. The molecule has 1 rings (SSSR count). The van der Waals surface area contributed by atoms with Crippen molar-refractivity contribution in [3.63, 3.8) is 0 Å². The van der Waals surface area contributed by atoms with Crippen molar-refractivity contribution in [2.24, 2.45) is 5.92 Å². The highest BCUT2D eigenvalue weighted by molar-refractivity contribution is 5.85. The summed E-state index contributed by atoms with van der Waals surface area (Å²) in [5, 5.41) is 5.58. The lowest BCUT2D eigenvalue weighted by Gasteiger charge is -2.21. The van der Waals surface area contributed by atoms with Crippen molar-refractivity contribution in [3.8, 4) is 5.75 Å². The first-order valence-corrected chi connectivity index (χ1v) is 7.53. The summed E-state index contributed by atoms with van der Waals surface area (Å²) in [5.41, 5.74) is 0.463. The molecule has 2 unspecified atom stereocenters. The largest absolute Gasteiger partial charge is 0.573 e. The van der Waals surface area contributed by atoms with E-state index in [2.05, 4.69) is 20.1 Å². The zero-order valence-corrected chi connectivity index (χ0v) is 15.4. The van der Waals surface area contributed by atoms with E-state index < -0.39 is 18.4 Å². The average molecular weight is 399 g/mol. The van der Waals surface area contributed by atoms with Gasteiger partial charge in [0.1, 0.15) is 5.75 Å². The van der Waals surface area contributed by atoms with Crippen LogP contribution in [0.1, 0.15) is 24.9 Å². The molecule has 2 atom stereocenters. The molecule has 0 aromatic heterocycles. The van der Waals surface area contributed by atoms with Gasteiger partial charge in [-0.1, -0.05) is 19.1 Å². The molecule has 148 valence electrons. The first-order chi connectivity index (χ1) is 11.7. The molecular weight excluding hydrogens is 377 g/mol. The van der Waals surface area contributed by atoms with Gasteiger partial charge in [-0.15, -0.1) is 25.6 Å². The quantitative estimate of drug-likeness (QED) is 0.658. The molecule has 0 saturated heterocycles. The standard InChI is InChI=1S/C16H21F3N2O4.ClH/c1-10(9-20-2)15(23)21-13(8-14(22)24-3)11-4-6-12(7-5-11)25-16(17,18)19;/h4-7,10,13,20H,8-9H2,1-3H3,(H,21,23);1H. The molecule has 0 radical (unpaired) electrons. The summed E-state index contributed by atoms with van der Waals surface area (Å²) in [6, 6.07) is 4.24. The molecule has 0 aliphatic heterocycles. The third kappa shape index (κ3) is 8.39. The van der Waals surface area contributed by atoms with E-state index in [0.717, 1.165) is 12.1 Å². The Balaban J connectivity index is 0.00000625. The molecule has 1 aromatic carbocycles. The maximum atomic E-state index is 12.2. The highest BCUT2D eigenvalue weighted by atomic mass is 35.5. The summed E-state index contributed by atoms with van der Waals surface area (Å²) in [7, 11) is 2.92. The zero-order chi connectivity index (χ0) is 19.0. The van der Waals surface area contributed by atoms with Crippen LogP contribution in [0.3, 0.4) is 0 Å². The fraction of sp³-hybridized carbons (Fsp3) is 0.500. The highest BCUT2D eigenvalue weighted by Gasteiger charge is 2.31. The SMILES string of the molecule is CNCC(C)C(=O)NC(CC(=O)OC)c1ccc(OC(F)(F)F)cc1.Cl. The van der Waals surface area contributed by atoms with Crippen LogP contribution in [0.4, 0.5) is 13.2 Å². The Morgan fingerprint density at radius 1 is 1.19 bits per heavy atom. The zero-order valence-electron chi connectivity index (χ0n) is 14.6. The Morgan fingerprint density at radius 3 is 2.23 bits per heavy atom. The molecule has 26 heavy (non-hydrogen) atoms. The smallest absolute Gasteiger partial charge is 0.469 e. The summed E-state index contributed by atoms with van der Waals surface area (Å²) < 4.78 is 45.0. The van der Waals surface area contributed by atoms with E-state index in [4.69, 9.17) is 0 Å². The third-order valence-corrected chi connectivity index (χ3v) is 3.39. The van der Waals surface area contributed by atoms with Gasteiger partial charge in [0.2, 0.25) is 5.91 Å². The second kappa shape index (κ2) is 10.9. The Labute approximate surface area is 155 Å². The molecule has 0 bridgehead atoms. The van der Waals surface area contributed by atoms with Crippen LogP contribution < -0.4 is 15.4 Å². The van der Waals surface area contributed by atoms with Gasteiger partial charge >= 0.3 is 12.3 Å². The molecule has 1 amide bonds. The van der Waals surface area contributed by atoms with Crippen molar-refractivity contribution < 1.29 is 32.2 Å². The topological polar surface area (TPSA) is 76.7 Å². The summed E-state index contributed by atoms with van der Waals surface area (Å²) >= 11 is 0. The normalized spacial score (nSPS) is 13.2. The molecule has 0 heterocycles. The molecule has 10 heteroatoms. The molecule has 0 fully saturated rings. The number of alkyl halides is 3. The van der Waals surface area contributed by atoms with Crippen LogP contribution in [0.5, 0.6) is 5.75 Å². The number of nitrogens with one attached hydrogen (secondary N) is 2. The van der Waals surface area contributed by atoms with Crippen molar-refractivity contribution >= 4 is 24.3 Å². The molecule has 0 aliphatic carbocycles. The van der Waals surface area contributed by atoms with Gasteiger partial charge < -0.3 is 20.1 Å². The number of amides is 1. The molecular formula is C16H22ClF3N2O4. The number of halogens is 4. The number of benzene rings is 1. The maximum Gasteiger partial charge on any atom is 0.573 e. The van der Waals surface area contributed by atoms with Crippen LogP contribution in [-0.4, -0.2) is 38.9 Å². The van der Waals surface area contributed by atoms with Crippen LogP contribution in [0.2, 0.25) is 0 Å². The van der Waals surface area contributed by atoms with E-state index in [1.807, 2.05) is 0 Å². The van der Waals surface area contributed by atoms with E-state index in [9.17, 15) is 22.8 Å². The van der Waals surface area contributed by atoms with E-state index in [1.165, 1.54) is 19.2 Å². The summed E-state index contributed by atoms with van der Waals surface area (Å²) in [6.45, 7) is 2.15. The van der Waals surface area contributed by atoms with E-state index in [0.29, 0.717) is 12.1 Å². The second-order valence-electron chi connectivity index (χ2n) is 5.42. The summed E-state index contributed by atoms with van der Waals surface area (Å²) in [6.07, 6.45) is -4.93. The number of hydrogen-bond donors (Lipinski definition) is 2. The number of hydrogen-bond acceptors (Lipinski definition) is 5. The van der Waals surface area contributed by atoms with Crippen LogP contribution in [0, 0.1) is 5.92 Å². The molecule has 2 N–H and O–H groups in total. The van der Waals surface area contributed by atoms with Crippen LogP contribution in [0.25, 0.3) is 0 Å². The predicted octanol–water partition coefficient (Wildman–Crippen LogP) is 2.58. The van der Waals surface area contributed by atoms with E-state index in [-0.39, 0.29) is 36.4 Å². The fourth-order valence-corrected chi connectivity index (χ4v) is 2.12. The van der Waals surface area contributed by atoms with Gasteiger partial charge in [0.05, 0.1) is 19.6 Å². The molecule has 0 spiro atoms. The molecule has 1 aromatic rings. The van der Waals surface area contributed by atoms with Crippen LogP contribution >= 0.6 is 12.4 Å². The van der Waals surface area contributed by atoms with Gasteiger partial charge in [0.25, 0.3) is 0 Å².